The number of ether oxygens (including phenoxy) is 1. The Bertz CT molecular complexity index is 652. The van der Waals surface area contributed by atoms with Gasteiger partial charge in [0, 0.05) is 44.8 Å². The minimum atomic E-state index is -0.0593. The largest absolute Gasteiger partial charge is 0.394 e. The van der Waals surface area contributed by atoms with Crippen molar-refractivity contribution in [2.75, 3.05) is 43.7 Å². The van der Waals surface area contributed by atoms with Gasteiger partial charge in [0.05, 0.1) is 11.9 Å². The highest BCUT2D eigenvalue weighted by Crippen LogP contribution is 2.30. The summed E-state index contributed by atoms with van der Waals surface area (Å²) in [5.74, 6) is 1.62. The molecule has 1 aliphatic heterocycles. The van der Waals surface area contributed by atoms with Crippen molar-refractivity contribution in [1.29, 1.82) is 0 Å². The number of nitrogen functional groups attached to an aromatic ring is 1. The molecule has 0 unspecified atom stereocenters. The summed E-state index contributed by atoms with van der Waals surface area (Å²) in [5, 5.41) is 6.91. The van der Waals surface area contributed by atoms with Gasteiger partial charge in [0.25, 0.3) is 0 Å². The SMILES string of the molecule is CN(C)C(=O)C1CCC(Nc2nc(NC3(C)CCOCC3)ncc2N)CC1. The standard InChI is InChI=1S/C19H32N6O2/c1-19(8-10-27-11-9-19)24-18-21-12-15(20)16(23-18)22-14-6-4-13(5-7-14)17(26)25(2)3/h12-14H,4-11,20H2,1-3H3,(H2,21,22,23,24). The Hall–Kier alpha value is -2.09. The minimum absolute atomic E-state index is 0.0593. The molecule has 0 spiro atoms. The molecule has 1 saturated carbocycles. The summed E-state index contributed by atoms with van der Waals surface area (Å²) in [6.07, 6.45) is 7.16. The van der Waals surface area contributed by atoms with Crippen LogP contribution in [0.25, 0.3) is 0 Å². The summed E-state index contributed by atoms with van der Waals surface area (Å²) in [6.45, 7) is 3.67. The van der Waals surface area contributed by atoms with Crippen LogP contribution in [0.2, 0.25) is 0 Å². The van der Waals surface area contributed by atoms with E-state index in [-0.39, 0.29) is 23.4 Å². The van der Waals surface area contributed by atoms with Crippen molar-refractivity contribution in [2.24, 2.45) is 5.92 Å². The van der Waals surface area contributed by atoms with Gasteiger partial charge in [-0.1, -0.05) is 0 Å². The zero-order chi connectivity index (χ0) is 19.4. The van der Waals surface area contributed by atoms with Gasteiger partial charge in [0.15, 0.2) is 5.82 Å². The summed E-state index contributed by atoms with van der Waals surface area (Å²) in [4.78, 5) is 22.8. The van der Waals surface area contributed by atoms with Gasteiger partial charge in [0.1, 0.15) is 0 Å². The lowest BCUT2D eigenvalue weighted by Crippen LogP contribution is -2.41. The monoisotopic (exact) mass is 376 g/mol. The predicted molar refractivity (Wildman–Crippen MR) is 107 cm³/mol. The molecule has 1 aromatic rings. The maximum atomic E-state index is 12.1. The van der Waals surface area contributed by atoms with Crippen LogP contribution in [0, 0.1) is 5.92 Å². The summed E-state index contributed by atoms with van der Waals surface area (Å²) >= 11 is 0. The molecule has 2 heterocycles. The number of carbonyl (C=O) groups excluding carboxylic acids is 1. The van der Waals surface area contributed by atoms with E-state index in [0.29, 0.717) is 17.5 Å². The summed E-state index contributed by atoms with van der Waals surface area (Å²) < 4.78 is 5.45. The lowest BCUT2D eigenvalue weighted by atomic mass is 9.85. The molecule has 1 saturated heterocycles. The van der Waals surface area contributed by atoms with Crippen LogP contribution in [0.15, 0.2) is 6.20 Å². The highest BCUT2D eigenvalue weighted by atomic mass is 16.5. The van der Waals surface area contributed by atoms with Gasteiger partial charge in [-0.15, -0.1) is 0 Å². The normalized spacial score (nSPS) is 24.9. The third-order valence-corrected chi connectivity index (χ3v) is 5.69. The van der Waals surface area contributed by atoms with Gasteiger partial charge in [-0.2, -0.15) is 4.98 Å². The fraction of sp³-hybridized carbons (Fsp3) is 0.737. The average Bonchev–Trinajstić information content (AvgIpc) is 2.65. The molecule has 0 aromatic carbocycles. The molecule has 0 atom stereocenters. The molecule has 150 valence electrons. The zero-order valence-corrected chi connectivity index (χ0v) is 16.6. The fourth-order valence-corrected chi connectivity index (χ4v) is 3.83. The van der Waals surface area contributed by atoms with E-state index in [1.165, 1.54) is 0 Å². The molecule has 8 nitrogen and oxygen atoms in total. The Kier molecular flexibility index (Phi) is 6.04. The van der Waals surface area contributed by atoms with Crippen molar-refractivity contribution >= 4 is 23.4 Å². The molecule has 0 bridgehead atoms. The number of hydrogen-bond acceptors (Lipinski definition) is 7. The van der Waals surface area contributed by atoms with Gasteiger partial charge in [0.2, 0.25) is 11.9 Å². The van der Waals surface area contributed by atoms with E-state index in [1.807, 2.05) is 14.1 Å². The Morgan fingerprint density at radius 2 is 1.93 bits per heavy atom. The van der Waals surface area contributed by atoms with Crippen molar-refractivity contribution in [2.45, 2.75) is 57.0 Å². The second-order valence-corrected chi connectivity index (χ2v) is 8.22. The minimum Gasteiger partial charge on any atom is -0.394 e. The molecule has 2 aliphatic rings. The number of carbonyl (C=O) groups is 1. The lowest BCUT2D eigenvalue weighted by molar-refractivity contribution is -0.133. The average molecular weight is 377 g/mol. The molecule has 0 radical (unpaired) electrons. The predicted octanol–water partition coefficient (Wildman–Crippen LogP) is 2.10. The van der Waals surface area contributed by atoms with E-state index in [1.54, 1.807) is 11.1 Å². The van der Waals surface area contributed by atoms with Crippen LogP contribution in [0.1, 0.15) is 45.4 Å². The summed E-state index contributed by atoms with van der Waals surface area (Å²) in [7, 11) is 3.64. The molecule has 3 rings (SSSR count). The first-order valence-corrected chi connectivity index (χ1v) is 9.82. The molecule has 1 aliphatic carbocycles. The van der Waals surface area contributed by atoms with Crippen molar-refractivity contribution in [3.8, 4) is 0 Å². The van der Waals surface area contributed by atoms with E-state index in [4.69, 9.17) is 10.5 Å². The molecule has 1 amide bonds. The van der Waals surface area contributed by atoms with Crippen molar-refractivity contribution in [3.63, 3.8) is 0 Å². The van der Waals surface area contributed by atoms with Gasteiger partial charge in [-0.25, -0.2) is 4.98 Å². The number of rotatable bonds is 5. The first-order valence-electron chi connectivity index (χ1n) is 9.82. The number of nitrogens with zero attached hydrogens (tertiary/aromatic N) is 3. The molecule has 1 aromatic heterocycles. The number of amides is 1. The van der Waals surface area contributed by atoms with E-state index >= 15 is 0 Å². The molecule has 4 N–H and O–H groups in total. The number of aromatic nitrogens is 2. The quantitative estimate of drug-likeness (QED) is 0.722. The fourth-order valence-electron chi connectivity index (χ4n) is 3.83. The molecular formula is C19H32N6O2. The highest BCUT2D eigenvalue weighted by Gasteiger charge is 2.29. The van der Waals surface area contributed by atoms with Crippen LogP contribution in [0.5, 0.6) is 0 Å². The number of anilines is 3. The topological polar surface area (TPSA) is 105 Å². The van der Waals surface area contributed by atoms with Crippen molar-refractivity contribution < 1.29 is 9.53 Å². The van der Waals surface area contributed by atoms with E-state index < -0.39 is 0 Å². The van der Waals surface area contributed by atoms with E-state index in [9.17, 15) is 4.79 Å². The van der Waals surface area contributed by atoms with Crippen LogP contribution in [0.4, 0.5) is 17.5 Å². The molecule has 8 heteroatoms. The smallest absolute Gasteiger partial charge is 0.225 e. The Morgan fingerprint density at radius 1 is 1.26 bits per heavy atom. The molecular weight excluding hydrogens is 344 g/mol. The van der Waals surface area contributed by atoms with Gasteiger partial charge < -0.3 is 26.0 Å². The zero-order valence-electron chi connectivity index (χ0n) is 16.6. The lowest BCUT2D eigenvalue weighted by Gasteiger charge is -2.34. The third-order valence-electron chi connectivity index (χ3n) is 5.69. The third kappa shape index (κ3) is 5.00. The number of nitrogens with one attached hydrogen (secondary N) is 2. The Morgan fingerprint density at radius 3 is 2.56 bits per heavy atom. The van der Waals surface area contributed by atoms with Crippen LogP contribution in [-0.4, -0.2) is 59.7 Å². The summed E-state index contributed by atoms with van der Waals surface area (Å²) in [6, 6.07) is 0.278. The Balaban J connectivity index is 1.60. The maximum absolute atomic E-state index is 12.1. The Labute approximate surface area is 161 Å². The first-order chi connectivity index (χ1) is 12.9. The first kappa shape index (κ1) is 19.7. The summed E-state index contributed by atoms with van der Waals surface area (Å²) in [5.41, 5.74) is 6.58. The van der Waals surface area contributed by atoms with E-state index in [2.05, 4.69) is 27.5 Å². The second-order valence-electron chi connectivity index (χ2n) is 8.22. The van der Waals surface area contributed by atoms with Gasteiger partial charge >= 0.3 is 0 Å². The van der Waals surface area contributed by atoms with Crippen LogP contribution >= 0.6 is 0 Å². The van der Waals surface area contributed by atoms with Gasteiger partial charge in [-0.3, -0.25) is 4.79 Å². The van der Waals surface area contributed by atoms with Crippen molar-refractivity contribution in [3.05, 3.63) is 6.20 Å². The molecule has 2 fully saturated rings. The second kappa shape index (κ2) is 8.29. The number of hydrogen-bond donors (Lipinski definition) is 3. The number of nitrogens with two attached hydrogens (primary N) is 1. The molecule has 27 heavy (non-hydrogen) atoms. The van der Waals surface area contributed by atoms with Crippen LogP contribution < -0.4 is 16.4 Å². The van der Waals surface area contributed by atoms with Crippen molar-refractivity contribution in [1.82, 2.24) is 14.9 Å². The van der Waals surface area contributed by atoms with Gasteiger partial charge in [-0.05, 0) is 45.4 Å². The van der Waals surface area contributed by atoms with Crippen LogP contribution in [-0.2, 0) is 9.53 Å². The maximum Gasteiger partial charge on any atom is 0.225 e. The highest BCUT2D eigenvalue weighted by molar-refractivity contribution is 5.78. The van der Waals surface area contributed by atoms with Crippen LogP contribution in [0.3, 0.4) is 0 Å². The van der Waals surface area contributed by atoms with E-state index in [0.717, 1.165) is 51.7 Å².